The zero-order valence-corrected chi connectivity index (χ0v) is 11.0. The molecule has 19 heavy (non-hydrogen) atoms. The summed E-state index contributed by atoms with van der Waals surface area (Å²) >= 11 is 3.27. The molecular formula is C12H6BrN3O3. The molecule has 0 spiro atoms. The summed E-state index contributed by atoms with van der Waals surface area (Å²) in [6, 6.07) is 9.74. The lowest BCUT2D eigenvalue weighted by Crippen LogP contribution is -1.98. The van der Waals surface area contributed by atoms with E-state index in [1.54, 1.807) is 30.3 Å². The van der Waals surface area contributed by atoms with Gasteiger partial charge in [0.25, 0.3) is 0 Å². The van der Waals surface area contributed by atoms with Crippen molar-refractivity contribution in [1.29, 1.82) is 5.26 Å². The first-order chi connectivity index (χ1) is 9.11. The number of halogens is 1. The number of nitriles is 1. The van der Waals surface area contributed by atoms with Crippen LogP contribution in [0.3, 0.4) is 0 Å². The van der Waals surface area contributed by atoms with E-state index >= 15 is 0 Å². The number of rotatable bonds is 3. The quantitative estimate of drug-likeness (QED) is 0.638. The first-order valence-electron chi connectivity index (χ1n) is 5.08. The van der Waals surface area contributed by atoms with Crippen LogP contribution in [0.15, 0.2) is 41.0 Å². The van der Waals surface area contributed by atoms with Crippen LogP contribution in [0.25, 0.3) is 0 Å². The van der Waals surface area contributed by atoms with Gasteiger partial charge in [-0.05, 0) is 30.3 Å². The molecule has 1 heterocycles. The molecule has 6 nitrogen and oxygen atoms in total. The van der Waals surface area contributed by atoms with E-state index in [-0.39, 0.29) is 11.4 Å². The highest BCUT2D eigenvalue weighted by Gasteiger charge is 2.23. The van der Waals surface area contributed by atoms with Crippen molar-refractivity contribution < 1.29 is 9.66 Å². The van der Waals surface area contributed by atoms with Crippen LogP contribution in [0, 0.1) is 21.4 Å². The molecule has 0 atom stereocenters. The van der Waals surface area contributed by atoms with Crippen LogP contribution in [-0.2, 0) is 0 Å². The number of pyridine rings is 1. The minimum absolute atomic E-state index is 0.0906. The van der Waals surface area contributed by atoms with E-state index in [4.69, 9.17) is 10.00 Å². The molecule has 0 fully saturated rings. The van der Waals surface area contributed by atoms with Gasteiger partial charge in [0.2, 0.25) is 0 Å². The van der Waals surface area contributed by atoms with Gasteiger partial charge in [0.15, 0.2) is 0 Å². The summed E-state index contributed by atoms with van der Waals surface area (Å²) in [5.74, 6) is 0.195. The average Bonchev–Trinajstić information content (AvgIpc) is 2.40. The largest absolute Gasteiger partial charge is 0.434 e. The summed E-state index contributed by atoms with van der Waals surface area (Å²) in [5.41, 5.74) is -0.528. The van der Waals surface area contributed by atoms with Crippen LogP contribution < -0.4 is 4.74 Å². The van der Waals surface area contributed by atoms with E-state index in [1.165, 1.54) is 12.3 Å². The summed E-state index contributed by atoms with van der Waals surface area (Å²) < 4.78 is 6.20. The Labute approximate surface area is 116 Å². The molecule has 2 rings (SSSR count). The number of aromatic nitrogens is 1. The summed E-state index contributed by atoms with van der Waals surface area (Å²) in [5, 5.41) is 19.8. The molecule has 0 N–H and O–H groups in total. The second-order valence-corrected chi connectivity index (χ2v) is 4.35. The third-order valence-electron chi connectivity index (χ3n) is 2.22. The summed E-state index contributed by atoms with van der Waals surface area (Å²) in [7, 11) is 0. The van der Waals surface area contributed by atoms with E-state index in [0.717, 1.165) is 4.47 Å². The summed E-state index contributed by atoms with van der Waals surface area (Å²) in [4.78, 5) is 14.1. The molecule has 0 aliphatic heterocycles. The fraction of sp³-hybridized carbons (Fsp3) is 0. The molecule has 2 aromatic rings. The van der Waals surface area contributed by atoms with Gasteiger partial charge in [-0.1, -0.05) is 15.9 Å². The Balaban J connectivity index is 2.43. The number of hydrogen-bond acceptors (Lipinski definition) is 5. The Morgan fingerprint density at radius 1 is 1.32 bits per heavy atom. The van der Waals surface area contributed by atoms with Gasteiger partial charge in [0.05, 0.1) is 4.92 Å². The molecule has 0 saturated heterocycles. The molecule has 0 radical (unpaired) electrons. The minimum Gasteiger partial charge on any atom is -0.434 e. The predicted molar refractivity (Wildman–Crippen MR) is 69.8 cm³/mol. The fourth-order valence-corrected chi connectivity index (χ4v) is 1.65. The molecular weight excluding hydrogens is 314 g/mol. The highest BCUT2D eigenvalue weighted by atomic mass is 79.9. The van der Waals surface area contributed by atoms with Crippen molar-refractivity contribution in [2.75, 3.05) is 0 Å². The van der Waals surface area contributed by atoms with Crippen molar-refractivity contribution in [3.05, 3.63) is 56.7 Å². The van der Waals surface area contributed by atoms with Crippen molar-refractivity contribution in [2.45, 2.75) is 0 Å². The first-order valence-corrected chi connectivity index (χ1v) is 5.88. The summed E-state index contributed by atoms with van der Waals surface area (Å²) in [6.45, 7) is 0. The van der Waals surface area contributed by atoms with Crippen molar-refractivity contribution in [2.24, 2.45) is 0 Å². The van der Waals surface area contributed by atoms with Crippen LogP contribution in [0.2, 0.25) is 0 Å². The summed E-state index contributed by atoms with van der Waals surface area (Å²) in [6.07, 6.45) is 1.29. The molecule has 1 aromatic heterocycles. The SMILES string of the molecule is N#Cc1ccnc(Oc2ccc(Br)cc2)c1[N+](=O)[O-]. The lowest BCUT2D eigenvalue weighted by atomic mass is 10.2. The Morgan fingerprint density at radius 3 is 2.58 bits per heavy atom. The molecule has 0 aliphatic carbocycles. The average molecular weight is 320 g/mol. The lowest BCUT2D eigenvalue weighted by molar-refractivity contribution is -0.386. The molecule has 0 aliphatic rings. The fourth-order valence-electron chi connectivity index (χ4n) is 1.39. The smallest absolute Gasteiger partial charge is 0.348 e. The first kappa shape index (κ1) is 13.0. The van der Waals surface area contributed by atoms with Gasteiger partial charge in [-0.2, -0.15) is 5.26 Å². The van der Waals surface area contributed by atoms with E-state index in [1.807, 2.05) is 0 Å². The van der Waals surface area contributed by atoms with E-state index in [0.29, 0.717) is 5.75 Å². The van der Waals surface area contributed by atoms with Crippen LogP contribution in [0.4, 0.5) is 5.69 Å². The molecule has 1 aromatic carbocycles. The van der Waals surface area contributed by atoms with Crippen molar-refractivity contribution in [3.63, 3.8) is 0 Å². The van der Waals surface area contributed by atoms with Gasteiger partial charge in [-0.25, -0.2) is 4.98 Å². The predicted octanol–water partition coefficient (Wildman–Crippen LogP) is 3.42. The number of benzene rings is 1. The maximum Gasteiger partial charge on any atom is 0.348 e. The van der Waals surface area contributed by atoms with Gasteiger partial charge in [0.1, 0.15) is 17.4 Å². The van der Waals surface area contributed by atoms with Gasteiger partial charge in [0, 0.05) is 10.7 Å². The Kier molecular flexibility index (Phi) is 3.73. The van der Waals surface area contributed by atoms with Gasteiger partial charge in [-0.3, -0.25) is 10.1 Å². The molecule has 94 valence electrons. The number of nitrogens with zero attached hydrogens (tertiary/aromatic N) is 3. The topological polar surface area (TPSA) is 89.0 Å². The highest BCUT2D eigenvalue weighted by Crippen LogP contribution is 2.31. The Hall–Kier alpha value is -2.46. The van der Waals surface area contributed by atoms with Crippen LogP contribution in [-0.4, -0.2) is 9.91 Å². The van der Waals surface area contributed by atoms with Crippen molar-refractivity contribution >= 4 is 21.6 Å². The van der Waals surface area contributed by atoms with Crippen LogP contribution in [0.1, 0.15) is 5.56 Å². The highest BCUT2D eigenvalue weighted by molar-refractivity contribution is 9.10. The van der Waals surface area contributed by atoms with Crippen LogP contribution >= 0.6 is 15.9 Å². The monoisotopic (exact) mass is 319 g/mol. The molecule has 7 heteroatoms. The maximum absolute atomic E-state index is 11.0. The lowest BCUT2D eigenvalue weighted by Gasteiger charge is -2.05. The molecule has 0 bridgehead atoms. The number of nitro groups is 1. The van der Waals surface area contributed by atoms with Gasteiger partial charge < -0.3 is 4.74 Å². The number of ether oxygens (including phenoxy) is 1. The standard InChI is InChI=1S/C12H6BrN3O3/c13-9-1-3-10(4-2-9)19-12-11(16(17)18)8(7-14)5-6-15-12/h1-6H. The minimum atomic E-state index is -0.681. The van der Waals surface area contributed by atoms with E-state index in [2.05, 4.69) is 20.9 Å². The van der Waals surface area contributed by atoms with Gasteiger partial charge in [-0.15, -0.1) is 0 Å². The van der Waals surface area contributed by atoms with Crippen molar-refractivity contribution in [1.82, 2.24) is 4.98 Å². The third kappa shape index (κ3) is 2.86. The normalized spacial score (nSPS) is 9.68. The second-order valence-electron chi connectivity index (χ2n) is 3.44. The van der Waals surface area contributed by atoms with E-state index < -0.39 is 10.6 Å². The zero-order valence-electron chi connectivity index (χ0n) is 9.41. The third-order valence-corrected chi connectivity index (χ3v) is 2.75. The second kappa shape index (κ2) is 5.46. The van der Waals surface area contributed by atoms with Gasteiger partial charge >= 0.3 is 11.6 Å². The zero-order chi connectivity index (χ0) is 13.8. The number of hydrogen-bond donors (Lipinski definition) is 0. The molecule has 0 saturated carbocycles. The maximum atomic E-state index is 11.0. The van der Waals surface area contributed by atoms with Crippen molar-refractivity contribution in [3.8, 4) is 17.7 Å². The molecule has 0 amide bonds. The van der Waals surface area contributed by atoms with Crippen LogP contribution in [0.5, 0.6) is 11.6 Å². The van der Waals surface area contributed by atoms with E-state index in [9.17, 15) is 10.1 Å². The Bertz CT molecular complexity index is 665. The Morgan fingerprint density at radius 2 is 2.00 bits per heavy atom. The molecule has 0 unspecified atom stereocenters.